The topological polar surface area (TPSA) is 65.4 Å². The zero-order valence-electron chi connectivity index (χ0n) is 17.5. The SMILES string of the molecule is COc1ccc(C(=O)NCc2nc3ccccc3n2CCCOc2ccccc2)cc1. The van der Waals surface area contributed by atoms with Crippen LogP contribution >= 0.6 is 0 Å². The molecule has 0 unspecified atom stereocenters. The van der Waals surface area contributed by atoms with E-state index in [-0.39, 0.29) is 5.91 Å². The zero-order valence-corrected chi connectivity index (χ0v) is 17.5. The van der Waals surface area contributed by atoms with Crippen LogP contribution in [0.15, 0.2) is 78.9 Å². The minimum atomic E-state index is -0.145. The second-order valence-electron chi connectivity index (χ2n) is 7.09. The van der Waals surface area contributed by atoms with Gasteiger partial charge in [-0.25, -0.2) is 4.98 Å². The molecule has 0 aliphatic rings. The first-order chi connectivity index (χ1) is 15.2. The van der Waals surface area contributed by atoms with Crippen molar-refractivity contribution in [3.8, 4) is 11.5 Å². The van der Waals surface area contributed by atoms with Crippen LogP contribution in [-0.2, 0) is 13.1 Å². The van der Waals surface area contributed by atoms with Crippen molar-refractivity contribution in [1.29, 1.82) is 0 Å². The van der Waals surface area contributed by atoms with Crippen LogP contribution in [0, 0.1) is 0 Å². The van der Waals surface area contributed by atoms with E-state index >= 15 is 0 Å². The summed E-state index contributed by atoms with van der Waals surface area (Å²) in [5.74, 6) is 2.26. The Morgan fingerprint density at radius 2 is 1.68 bits per heavy atom. The first-order valence-corrected chi connectivity index (χ1v) is 10.3. The van der Waals surface area contributed by atoms with Gasteiger partial charge in [0, 0.05) is 12.1 Å². The monoisotopic (exact) mass is 415 g/mol. The van der Waals surface area contributed by atoms with E-state index in [9.17, 15) is 4.79 Å². The highest BCUT2D eigenvalue weighted by Crippen LogP contribution is 2.18. The Hall–Kier alpha value is -3.80. The molecule has 0 radical (unpaired) electrons. The number of benzene rings is 3. The molecule has 4 aromatic rings. The van der Waals surface area contributed by atoms with Crippen LogP contribution < -0.4 is 14.8 Å². The lowest BCUT2D eigenvalue weighted by molar-refractivity contribution is 0.0949. The maximum Gasteiger partial charge on any atom is 0.251 e. The first-order valence-electron chi connectivity index (χ1n) is 10.3. The quantitative estimate of drug-likeness (QED) is 0.410. The molecule has 0 saturated heterocycles. The predicted molar refractivity (Wildman–Crippen MR) is 120 cm³/mol. The number of carbonyl (C=O) groups excluding carboxylic acids is 1. The lowest BCUT2D eigenvalue weighted by atomic mass is 10.2. The molecule has 6 heteroatoms. The van der Waals surface area contributed by atoms with Crippen molar-refractivity contribution in [2.75, 3.05) is 13.7 Å². The Balaban J connectivity index is 1.42. The highest BCUT2D eigenvalue weighted by Gasteiger charge is 2.12. The Bertz CT molecular complexity index is 1140. The van der Waals surface area contributed by atoms with Crippen LogP contribution in [-0.4, -0.2) is 29.2 Å². The molecule has 0 fully saturated rings. The number of aromatic nitrogens is 2. The fourth-order valence-electron chi connectivity index (χ4n) is 3.44. The first kappa shape index (κ1) is 20.5. The van der Waals surface area contributed by atoms with Gasteiger partial charge in [0.1, 0.15) is 17.3 Å². The summed E-state index contributed by atoms with van der Waals surface area (Å²) in [7, 11) is 1.60. The van der Waals surface area contributed by atoms with E-state index in [1.54, 1.807) is 31.4 Å². The van der Waals surface area contributed by atoms with Gasteiger partial charge in [0.2, 0.25) is 0 Å². The van der Waals surface area contributed by atoms with Gasteiger partial charge in [0.15, 0.2) is 0 Å². The third-order valence-corrected chi connectivity index (χ3v) is 5.03. The second kappa shape index (κ2) is 9.80. The summed E-state index contributed by atoms with van der Waals surface area (Å²) in [6.07, 6.45) is 0.828. The average Bonchev–Trinajstić information content (AvgIpc) is 3.18. The third kappa shape index (κ3) is 5.04. The van der Waals surface area contributed by atoms with Gasteiger partial charge in [0.05, 0.1) is 31.3 Å². The van der Waals surface area contributed by atoms with Crippen molar-refractivity contribution in [2.24, 2.45) is 0 Å². The Kier molecular flexibility index (Phi) is 6.47. The Morgan fingerprint density at radius 1 is 0.935 bits per heavy atom. The number of nitrogens with one attached hydrogen (secondary N) is 1. The number of ether oxygens (including phenoxy) is 2. The number of hydrogen-bond donors (Lipinski definition) is 1. The molecule has 0 spiro atoms. The van der Waals surface area contributed by atoms with Crippen molar-refractivity contribution in [2.45, 2.75) is 19.5 Å². The summed E-state index contributed by atoms with van der Waals surface area (Å²) in [4.78, 5) is 17.3. The number of para-hydroxylation sites is 3. The van der Waals surface area contributed by atoms with Gasteiger partial charge in [-0.3, -0.25) is 4.79 Å². The zero-order chi connectivity index (χ0) is 21.5. The smallest absolute Gasteiger partial charge is 0.251 e. The molecule has 0 atom stereocenters. The summed E-state index contributed by atoms with van der Waals surface area (Å²) in [6, 6.07) is 24.8. The van der Waals surface area contributed by atoms with Crippen molar-refractivity contribution in [1.82, 2.24) is 14.9 Å². The number of methoxy groups -OCH3 is 1. The van der Waals surface area contributed by atoms with E-state index < -0.39 is 0 Å². The van der Waals surface area contributed by atoms with E-state index in [0.717, 1.165) is 41.3 Å². The Morgan fingerprint density at radius 3 is 2.45 bits per heavy atom. The predicted octanol–water partition coefficient (Wildman–Crippen LogP) is 4.44. The molecule has 1 heterocycles. The van der Waals surface area contributed by atoms with Crippen LogP contribution in [0.2, 0.25) is 0 Å². The number of hydrogen-bond acceptors (Lipinski definition) is 4. The largest absolute Gasteiger partial charge is 0.497 e. The minimum Gasteiger partial charge on any atom is -0.497 e. The van der Waals surface area contributed by atoms with Gasteiger partial charge in [-0.1, -0.05) is 30.3 Å². The molecule has 1 amide bonds. The maximum atomic E-state index is 12.6. The van der Waals surface area contributed by atoms with Gasteiger partial charge < -0.3 is 19.4 Å². The van der Waals surface area contributed by atoms with Gasteiger partial charge >= 0.3 is 0 Å². The van der Waals surface area contributed by atoms with Crippen molar-refractivity contribution in [3.05, 3.63) is 90.3 Å². The number of fused-ring (bicyclic) bond motifs is 1. The van der Waals surface area contributed by atoms with Crippen molar-refractivity contribution < 1.29 is 14.3 Å². The molecule has 0 saturated carbocycles. The van der Waals surface area contributed by atoms with E-state index in [1.165, 1.54) is 0 Å². The molecule has 6 nitrogen and oxygen atoms in total. The summed E-state index contributed by atoms with van der Waals surface area (Å²) < 4.78 is 13.1. The summed E-state index contributed by atoms with van der Waals surface area (Å²) >= 11 is 0. The van der Waals surface area contributed by atoms with E-state index in [4.69, 9.17) is 14.5 Å². The van der Waals surface area contributed by atoms with Crippen LogP contribution in [0.5, 0.6) is 11.5 Å². The molecule has 3 aromatic carbocycles. The lowest BCUT2D eigenvalue weighted by Crippen LogP contribution is -2.25. The molecule has 158 valence electrons. The number of carbonyl (C=O) groups is 1. The summed E-state index contributed by atoms with van der Waals surface area (Å²) in [6.45, 7) is 1.70. The van der Waals surface area contributed by atoms with E-state index in [1.807, 2.05) is 48.5 Å². The lowest BCUT2D eigenvalue weighted by Gasteiger charge is -2.11. The Labute approximate surface area is 181 Å². The molecule has 0 bridgehead atoms. The standard InChI is InChI=1S/C25H25N3O3/c1-30-20-14-12-19(13-15-20)25(29)26-18-24-27-22-10-5-6-11-23(22)28(24)16-7-17-31-21-8-3-2-4-9-21/h2-6,8-15H,7,16-18H2,1H3,(H,26,29). The van der Waals surface area contributed by atoms with Gasteiger partial charge in [-0.15, -0.1) is 0 Å². The third-order valence-electron chi connectivity index (χ3n) is 5.03. The fourth-order valence-corrected chi connectivity index (χ4v) is 3.44. The highest BCUT2D eigenvalue weighted by atomic mass is 16.5. The maximum absolute atomic E-state index is 12.6. The number of aryl methyl sites for hydroxylation is 1. The molecule has 1 aromatic heterocycles. The highest BCUT2D eigenvalue weighted by molar-refractivity contribution is 5.94. The molecule has 0 aliphatic heterocycles. The van der Waals surface area contributed by atoms with Gasteiger partial charge in [-0.05, 0) is 55.0 Å². The van der Waals surface area contributed by atoms with Crippen LogP contribution in [0.4, 0.5) is 0 Å². The number of imidazole rings is 1. The number of rotatable bonds is 9. The number of amides is 1. The molecule has 0 aliphatic carbocycles. The van der Waals surface area contributed by atoms with Crippen LogP contribution in [0.25, 0.3) is 11.0 Å². The molecule has 1 N–H and O–H groups in total. The molecular formula is C25H25N3O3. The summed E-state index contributed by atoms with van der Waals surface area (Å²) in [5, 5.41) is 2.98. The van der Waals surface area contributed by atoms with E-state index in [0.29, 0.717) is 18.7 Å². The number of nitrogens with zero attached hydrogens (tertiary/aromatic N) is 2. The second-order valence-corrected chi connectivity index (χ2v) is 7.09. The van der Waals surface area contributed by atoms with E-state index in [2.05, 4.69) is 16.0 Å². The fraction of sp³-hybridized carbons (Fsp3) is 0.200. The molecular weight excluding hydrogens is 390 g/mol. The van der Waals surface area contributed by atoms with Gasteiger partial charge in [0.25, 0.3) is 5.91 Å². The van der Waals surface area contributed by atoms with Crippen LogP contribution in [0.1, 0.15) is 22.6 Å². The van der Waals surface area contributed by atoms with Crippen molar-refractivity contribution in [3.63, 3.8) is 0 Å². The van der Waals surface area contributed by atoms with Crippen LogP contribution in [0.3, 0.4) is 0 Å². The summed E-state index contributed by atoms with van der Waals surface area (Å²) in [5.41, 5.74) is 2.55. The normalized spacial score (nSPS) is 10.7. The van der Waals surface area contributed by atoms with Gasteiger partial charge in [-0.2, -0.15) is 0 Å². The molecule has 4 rings (SSSR count). The van der Waals surface area contributed by atoms with Crippen molar-refractivity contribution >= 4 is 16.9 Å². The minimum absolute atomic E-state index is 0.145. The molecule has 31 heavy (non-hydrogen) atoms. The average molecular weight is 415 g/mol.